The number of nitrogens with one attached hydrogen (secondary N) is 1. The van der Waals surface area contributed by atoms with Crippen LogP contribution in [-0.4, -0.2) is 36.5 Å². The highest BCUT2D eigenvalue weighted by atomic mass is 35.5. The number of piperazine rings is 1. The van der Waals surface area contributed by atoms with Crippen molar-refractivity contribution in [2.75, 3.05) is 19.6 Å². The second-order valence-corrected chi connectivity index (χ2v) is 6.36. The van der Waals surface area contributed by atoms with Gasteiger partial charge >= 0.3 is 0 Å². The summed E-state index contributed by atoms with van der Waals surface area (Å²) in [6.45, 7) is 4.40. The predicted octanol–water partition coefficient (Wildman–Crippen LogP) is 3.41. The molecule has 1 amide bonds. The Morgan fingerprint density at radius 2 is 2.00 bits per heavy atom. The van der Waals surface area contributed by atoms with Gasteiger partial charge in [0.15, 0.2) is 0 Å². The number of carbonyl (C=O) groups excluding carboxylic acids is 1. The molecular formula is C16H18ClFN2OS. The Hall–Kier alpha value is -1.43. The summed E-state index contributed by atoms with van der Waals surface area (Å²) in [6, 6.07) is 10.5. The quantitative estimate of drug-likeness (QED) is 0.908. The lowest BCUT2D eigenvalue weighted by atomic mass is 10.2. The molecule has 0 bridgehead atoms. The molecule has 1 fully saturated rings. The summed E-state index contributed by atoms with van der Waals surface area (Å²) < 4.78 is 13.0. The Balaban J connectivity index is 0.00000176. The second-order valence-electron chi connectivity index (χ2n) is 5.28. The second kappa shape index (κ2) is 7.22. The van der Waals surface area contributed by atoms with Crippen molar-refractivity contribution in [3.05, 3.63) is 47.1 Å². The van der Waals surface area contributed by atoms with Gasteiger partial charge in [-0.05, 0) is 36.8 Å². The molecule has 1 aliphatic rings. The van der Waals surface area contributed by atoms with Gasteiger partial charge in [-0.3, -0.25) is 4.79 Å². The summed E-state index contributed by atoms with van der Waals surface area (Å²) in [7, 11) is 0. The summed E-state index contributed by atoms with van der Waals surface area (Å²) in [5.74, 6) is -0.164. The number of hydrogen-bond acceptors (Lipinski definition) is 3. The fraction of sp³-hybridized carbons (Fsp3) is 0.312. The minimum absolute atomic E-state index is 0. The molecule has 1 aromatic carbocycles. The van der Waals surface area contributed by atoms with Crippen LogP contribution in [0.1, 0.15) is 16.6 Å². The van der Waals surface area contributed by atoms with Crippen molar-refractivity contribution >= 4 is 29.7 Å². The Labute approximate surface area is 139 Å². The first-order valence-corrected chi connectivity index (χ1v) is 7.83. The normalized spacial score (nSPS) is 17.9. The van der Waals surface area contributed by atoms with Gasteiger partial charge in [0.1, 0.15) is 5.82 Å². The molecule has 3 nitrogen and oxygen atoms in total. The van der Waals surface area contributed by atoms with Crippen LogP contribution >= 0.6 is 23.7 Å². The minimum Gasteiger partial charge on any atom is -0.335 e. The number of hydrogen-bond donors (Lipinski definition) is 1. The van der Waals surface area contributed by atoms with Crippen molar-refractivity contribution in [2.24, 2.45) is 0 Å². The Morgan fingerprint density at radius 1 is 1.27 bits per heavy atom. The van der Waals surface area contributed by atoms with E-state index in [1.807, 2.05) is 17.0 Å². The molecular weight excluding hydrogens is 323 g/mol. The van der Waals surface area contributed by atoms with Gasteiger partial charge in [-0.1, -0.05) is 12.1 Å². The molecule has 2 aromatic rings. The number of rotatable bonds is 2. The summed E-state index contributed by atoms with van der Waals surface area (Å²) in [6.07, 6.45) is 0. The molecule has 1 unspecified atom stereocenters. The summed E-state index contributed by atoms with van der Waals surface area (Å²) >= 11 is 1.46. The molecule has 2 heterocycles. The van der Waals surface area contributed by atoms with Crippen LogP contribution in [0.4, 0.5) is 4.39 Å². The fourth-order valence-electron chi connectivity index (χ4n) is 2.49. The molecule has 0 saturated carbocycles. The summed E-state index contributed by atoms with van der Waals surface area (Å²) in [5, 5.41) is 3.33. The number of carbonyl (C=O) groups is 1. The van der Waals surface area contributed by atoms with Crippen molar-refractivity contribution in [2.45, 2.75) is 13.0 Å². The van der Waals surface area contributed by atoms with E-state index in [4.69, 9.17) is 0 Å². The van der Waals surface area contributed by atoms with Crippen molar-refractivity contribution in [3.8, 4) is 10.4 Å². The first-order valence-electron chi connectivity index (χ1n) is 7.02. The van der Waals surface area contributed by atoms with E-state index in [-0.39, 0.29) is 24.1 Å². The third kappa shape index (κ3) is 3.66. The third-order valence-corrected chi connectivity index (χ3v) is 4.72. The Bertz CT molecular complexity index is 644. The molecule has 1 atom stereocenters. The van der Waals surface area contributed by atoms with Gasteiger partial charge in [-0.15, -0.1) is 23.7 Å². The molecule has 22 heavy (non-hydrogen) atoms. The van der Waals surface area contributed by atoms with Gasteiger partial charge in [0, 0.05) is 30.6 Å². The highest BCUT2D eigenvalue weighted by molar-refractivity contribution is 7.17. The molecule has 6 heteroatoms. The molecule has 0 aliphatic carbocycles. The SMILES string of the molecule is CC1CN(C(=O)c2ccc(-c3ccc(F)cc3)s2)CCN1.Cl. The molecule has 1 aliphatic heterocycles. The van der Waals surface area contributed by atoms with E-state index in [0.717, 1.165) is 35.0 Å². The van der Waals surface area contributed by atoms with Crippen molar-refractivity contribution in [1.82, 2.24) is 10.2 Å². The van der Waals surface area contributed by atoms with E-state index in [1.54, 1.807) is 12.1 Å². The van der Waals surface area contributed by atoms with Crippen LogP contribution in [0.2, 0.25) is 0 Å². The van der Waals surface area contributed by atoms with Crippen LogP contribution in [0, 0.1) is 5.82 Å². The van der Waals surface area contributed by atoms with E-state index in [9.17, 15) is 9.18 Å². The Kier molecular flexibility index (Phi) is 5.56. The molecule has 0 spiro atoms. The first kappa shape index (κ1) is 16.9. The maximum absolute atomic E-state index is 13.0. The highest BCUT2D eigenvalue weighted by Crippen LogP contribution is 2.29. The zero-order valence-electron chi connectivity index (χ0n) is 12.2. The number of halogens is 2. The van der Waals surface area contributed by atoms with Crippen LogP contribution in [0.15, 0.2) is 36.4 Å². The van der Waals surface area contributed by atoms with Crippen LogP contribution < -0.4 is 5.32 Å². The highest BCUT2D eigenvalue weighted by Gasteiger charge is 2.22. The molecule has 118 valence electrons. The van der Waals surface area contributed by atoms with Gasteiger partial charge in [-0.25, -0.2) is 4.39 Å². The lowest BCUT2D eigenvalue weighted by Gasteiger charge is -2.31. The van der Waals surface area contributed by atoms with Crippen molar-refractivity contribution in [3.63, 3.8) is 0 Å². The number of amides is 1. The molecule has 0 radical (unpaired) electrons. The van der Waals surface area contributed by atoms with Gasteiger partial charge in [0.25, 0.3) is 5.91 Å². The maximum atomic E-state index is 13.0. The summed E-state index contributed by atoms with van der Waals surface area (Å²) in [4.78, 5) is 16.1. The number of nitrogens with zero attached hydrogens (tertiary/aromatic N) is 1. The molecule has 1 saturated heterocycles. The zero-order chi connectivity index (χ0) is 14.8. The lowest BCUT2D eigenvalue weighted by Crippen LogP contribution is -2.51. The van der Waals surface area contributed by atoms with Crippen LogP contribution in [0.3, 0.4) is 0 Å². The Morgan fingerprint density at radius 3 is 2.68 bits per heavy atom. The first-order chi connectivity index (χ1) is 10.1. The van der Waals surface area contributed by atoms with Crippen molar-refractivity contribution < 1.29 is 9.18 Å². The van der Waals surface area contributed by atoms with E-state index < -0.39 is 0 Å². The number of benzene rings is 1. The van der Waals surface area contributed by atoms with E-state index in [0.29, 0.717) is 6.04 Å². The molecule has 1 aromatic heterocycles. The summed E-state index contributed by atoms with van der Waals surface area (Å²) in [5.41, 5.74) is 0.939. The molecule has 1 N–H and O–H groups in total. The van der Waals surface area contributed by atoms with E-state index >= 15 is 0 Å². The van der Waals surface area contributed by atoms with Crippen LogP contribution in [0.5, 0.6) is 0 Å². The molecule has 3 rings (SSSR count). The topological polar surface area (TPSA) is 32.3 Å². The fourth-order valence-corrected chi connectivity index (χ4v) is 3.47. The lowest BCUT2D eigenvalue weighted by molar-refractivity contribution is 0.0714. The maximum Gasteiger partial charge on any atom is 0.264 e. The van der Waals surface area contributed by atoms with Gasteiger partial charge < -0.3 is 10.2 Å². The zero-order valence-corrected chi connectivity index (χ0v) is 13.8. The smallest absolute Gasteiger partial charge is 0.264 e. The van der Waals surface area contributed by atoms with Crippen LogP contribution in [0.25, 0.3) is 10.4 Å². The van der Waals surface area contributed by atoms with Gasteiger partial charge in [0.05, 0.1) is 4.88 Å². The van der Waals surface area contributed by atoms with Crippen LogP contribution in [-0.2, 0) is 0 Å². The third-order valence-electron chi connectivity index (χ3n) is 3.60. The van der Waals surface area contributed by atoms with E-state index in [2.05, 4.69) is 12.2 Å². The minimum atomic E-state index is -0.249. The van der Waals surface area contributed by atoms with Crippen molar-refractivity contribution in [1.29, 1.82) is 0 Å². The average molecular weight is 341 g/mol. The average Bonchev–Trinajstić information content (AvgIpc) is 2.97. The standard InChI is InChI=1S/C16H17FN2OS.ClH/c1-11-10-19(9-8-18-11)16(20)15-7-6-14(21-15)12-2-4-13(17)5-3-12;/h2-7,11,18H,8-10H2,1H3;1H. The van der Waals surface area contributed by atoms with Gasteiger partial charge in [-0.2, -0.15) is 0 Å². The van der Waals surface area contributed by atoms with E-state index in [1.165, 1.54) is 23.5 Å². The van der Waals surface area contributed by atoms with Gasteiger partial charge in [0.2, 0.25) is 0 Å². The predicted molar refractivity (Wildman–Crippen MR) is 90.3 cm³/mol. The monoisotopic (exact) mass is 340 g/mol. The largest absolute Gasteiger partial charge is 0.335 e. The number of thiophene rings is 1.